The minimum absolute atomic E-state index is 0.0678. The van der Waals surface area contributed by atoms with Crippen LogP contribution in [-0.2, 0) is 5.41 Å². The molecule has 0 spiro atoms. The van der Waals surface area contributed by atoms with Gasteiger partial charge in [-0.2, -0.15) is 0 Å². The number of rotatable bonds is 1. The van der Waals surface area contributed by atoms with Crippen molar-refractivity contribution in [3.8, 4) is 0 Å². The maximum absolute atomic E-state index is 11.5. The second kappa shape index (κ2) is 3.24. The van der Waals surface area contributed by atoms with Gasteiger partial charge in [0, 0.05) is 17.2 Å². The van der Waals surface area contributed by atoms with Crippen molar-refractivity contribution in [2.45, 2.75) is 43.9 Å². The molecule has 4 fully saturated rings. The van der Waals surface area contributed by atoms with E-state index in [1.54, 1.807) is 6.07 Å². The first-order chi connectivity index (χ1) is 8.23. The molecule has 1 aromatic rings. The predicted octanol–water partition coefficient (Wildman–Crippen LogP) is 2.84. The molecule has 0 atom stereocenters. The van der Waals surface area contributed by atoms with Crippen molar-refractivity contribution in [1.29, 1.82) is 0 Å². The highest BCUT2D eigenvalue weighted by atomic mass is 16.1. The number of aromatic amines is 1. The molecule has 0 saturated heterocycles. The Kier molecular flexibility index (Phi) is 1.89. The normalized spacial score (nSPS) is 42.9. The summed E-state index contributed by atoms with van der Waals surface area (Å²) in [6.07, 6.45) is 8.32. The Morgan fingerprint density at radius 3 is 2.12 bits per heavy atom. The SMILES string of the molecule is O=c1cccc(C23CC4CC(CC(C4)C2)C3)[nH]1. The highest BCUT2D eigenvalue weighted by Gasteiger charge is 2.51. The molecule has 2 heteroatoms. The monoisotopic (exact) mass is 229 g/mol. The van der Waals surface area contributed by atoms with Gasteiger partial charge < -0.3 is 4.98 Å². The fraction of sp³-hybridized carbons (Fsp3) is 0.667. The lowest BCUT2D eigenvalue weighted by molar-refractivity contribution is -0.00728. The van der Waals surface area contributed by atoms with E-state index in [1.807, 2.05) is 6.07 Å². The molecule has 0 aliphatic heterocycles. The van der Waals surface area contributed by atoms with E-state index in [4.69, 9.17) is 0 Å². The topological polar surface area (TPSA) is 32.9 Å². The number of H-pyrrole nitrogens is 1. The average molecular weight is 229 g/mol. The quantitative estimate of drug-likeness (QED) is 0.789. The molecular weight excluding hydrogens is 210 g/mol. The molecule has 2 nitrogen and oxygen atoms in total. The highest BCUT2D eigenvalue weighted by molar-refractivity contribution is 5.22. The van der Waals surface area contributed by atoms with Gasteiger partial charge in [-0.3, -0.25) is 4.79 Å². The Bertz CT molecular complexity index is 466. The summed E-state index contributed by atoms with van der Waals surface area (Å²) >= 11 is 0. The number of hydrogen-bond acceptors (Lipinski definition) is 1. The van der Waals surface area contributed by atoms with E-state index in [0.29, 0.717) is 5.41 Å². The van der Waals surface area contributed by atoms with Crippen molar-refractivity contribution in [1.82, 2.24) is 4.98 Å². The second-order valence-electron chi connectivity index (χ2n) is 6.63. The molecule has 1 N–H and O–H groups in total. The Morgan fingerprint density at radius 2 is 1.59 bits per heavy atom. The van der Waals surface area contributed by atoms with Crippen LogP contribution in [0, 0.1) is 17.8 Å². The van der Waals surface area contributed by atoms with Gasteiger partial charge in [-0.25, -0.2) is 0 Å². The van der Waals surface area contributed by atoms with Gasteiger partial charge in [-0.15, -0.1) is 0 Å². The van der Waals surface area contributed by atoms with E-state index in [2.05, 4.69) is 11.1 Å². The molecule has 0 amide bonds. The molecule has 4 aliphatic carbocycles. The van der Waals surface area contributed by atoms with Crippen LogP contribution < -0.4 is 5.56 Å². The number of hydrogen-bond donors (Lipinski definition) is 1. The van der Waals surface area contributed by atoms with E-state index in [-0.39, 0.29) is 5.56 Å². The summed E-state index contributed by atoms with van der Waals surface area (Å²) in [4.78, 5) is 14.6. The number of aromatic nitrogens is 1. The fourth-order valence-electron chi connectivity index (χ4n) is 5.20. The Labute approximate surface area is 101 Å². The zero-order valence-corrected chi connectivity index (χ0v) is 10.1. The van der Waals surface area contributed by atoms with Crippen molar-refractivity contribution >= 4 is 0 Å². The zero-order valence-electron chi connectivity index (χ0n) is 10.1. The Morgan fingerprint density at radius 1 is 1.00 bits per heavy atom. The van der Waals surface area contributed by atoms with Crippen LogP contribution in [0.25, 0.3) is 0 Å². The molecule has 1 aromatic heterocycles. The summed E-state index contributed by atoms with van der Waals surface area (Å²) < 4.78 is 0. The van der Waals surface area contributed by atoms with Crippen LogP contribution >= 0.6 is 0 Å². The Balaban J connectivity index is 1.79. The lowest BCUT2D eigenvalue weighted by Gasteiger charge is -2.56. The van der Waals surface area contributed by atoms with E-state index >= 15 is 0 Å². The van der Waals surface area contributed by atoms with Crippen molar-refractivity contribution in [2.24, 2.45) is 17.8 Å². The lowest BCUT2D eigenvalue weighted by atomic mass is 9.49. The van der Waals surface area contributed by atoms with Gasteiger partial charge in [-0.05, 0) is 62.3 Å². The molecule has 1 heterocycles. The van der Waals surface area contributed by atoms with Gasteiger partial charge in [0.05, 0.1) is 0 Å². The van der Waals surface area contributed by atoms with Crippen LogP contribution in [0.5, 0.6) is 0 Å². The average Bonchev–Trinajstić information content (AvgIpc) is 2.27. The lowest BCUT2D eigenvalue weighted by Crippen LogP contribution is -2.49. The van der Waals surface area contributed by atoms with Crippen molar-refractivity contribution in [3.05, 3.63) is 34.2 Å². The van der Waals surface area contributed by atoms with Crippen LogP contribution in [0.2, 0.25) is 0 Å². The van der Waals surface area contributed by atoms with Crippen molar-refractivity contribution < 1.29 is 0 Å². The third-order valence-corrected chi connectivity index (χ3v) is 5.38. The van der Waals surface area contributed by atoms with Gasteiger partial charge >= 0.3 is 0 Å². The molecule has 17 heavy (non-hydrogen) atoms. The van der Waals surface area contributed by atoms with Crippen molar-refractivity contribution in [2.75, 3.05) is 0 Å². The second-order valence-corrected chi connectivity index (χ2v) is 6.63. The number of pyridine rings is 1. The fourth-order valence-corrected chi connectivity index (χ4v) is 5.20. The van der Waals surface area contributed by atoms with Gasteiger partial charge in [0.2, 0.25) is 5.56 Å². The zero-order chi connectivity index (χ0) is 11.5. The summed E-state index contributed by atoms with van der Waals surface area (Å²) in [7, 11) is 0. The molecule has 0 aromatic carbocycles. The van der Waals surface area contributed by atoms with Crippen LogP contribution in [0.3, 0.4) is 0 Å². The van der Waals surface area contributed by atoms with Gasteiger partial charge in [0.1, 0.15) is 0 Å². The number of nitrogens with one attached hydrogen (secondary N) is 1. The highest BCUT2D eigenvalue weighted by Crippen LogP contribution is 2.60. The van der Waals surface area contributed by atoms with Crippen molar-refractivity contribution in [3.63, 3.8) is 0 Å². The first-order valence-electron chi connectivity index (χ1n) is 6.93. The standard InChI is InChI=1S/C15H19NO/c17-14-3-1-2-13(16-14)15-7-10-4-11(8-15)6-12(5-10)9-15/h1-3,10-12H,4-9H2,(H,16,17). The molecular formula is C15H19NO. The Hall–Kier alpha value is -1.05. The minimum Gasteiger partial charge on any atom is -0.326 e. The van der Waals surface area contributed by atoms with E-state index in [1.165, 1.54) is 44.2 Å². The minimum atomic E-state index is 0.0678. The first kappa shape index (κ1) is 9.93. The van der Waals surface area contributed by atoms with Gasteiger partial charge in [-0.1, -0.05) is 6.07 Å². The van der Waals surface area contributed by atoms with Crippen LogP contribution in [0.1, 0.15) is 44.2 Å². The molecule has 0 radical (unpaired) electrons. The largest absolute Gasteiger partial charge is 0.326 e. The maximum atomic E-state index is 11.5. The molecule has 4 aliphatic rings. The molecule has 5 rings (SSSR count). The van der Waals surface area contributed by atoms with E-state index in [0.717, 1.165) is 17.8 Å². The summed E-state index contributed by atoms with van der Waals surface area (Å²) in [5.41, 5.74) is 1.62. The molecule has 4 saturated carbocycles. The molecule has 90 valence electrons. The summed E-state index contributed by atoms with van der Waals surface area (Å²) in [5.74, 6) is 2.81. The molecule has 0 unspecified atom stereocenters. The smallest absolute Gasteiger partial charge is 0.248 e. The summed E-state index contributed by atoms with van der Waals surface area (Å²) in [6.45, 7) is 0. The maximum Gasteiger partial charge on any atom is 0.248 e. The molecule has 4 bridgehead atoms. The first-order valence-corrected chi connectivity index (χ1v) is 6.93. The third kappa shape index (κ3) is 1.42. The summed E-state index contributed by atoms with van der Waals surface area (Å²) in [5, 5.41) is 0. The van der Waals surface area contributed by atoms with E-state index in [9.17, 15) is 4.79 Å². The van der Waals surface area contributed by atoms with Crippen LogP contribution in [-0.4, -0.2) is 4.98 Å². The summed E-state index contributed by atoms with van der Waals surface area (Å²) in [6, 6.07) is 5.70. The van der Waals surface area contributed by atoms with Gasteiger partial charge in [0.25, 0.3) is 0 Å². The van der Waals surface area contributed by atoms with E-state index < -0.39 is 0 Å². The predicted molar refractivity (Wildman–Crippen MR) is 66.9 cm³/mol. The van der Waals surface area contributed by atoms with Crippen LogP contribution in [0.15, 0.2) is 23.0 Å². The van der Waals surface area contributed by atoms with Crippen LogP contribution in [0.4, 0.5) is 0 Å². The van der Waals surface area contributed by atoms with Gasteiger partial charge in [0.15, 0.2) is 0 Å². The third-order valence-electron chi connectivity index (χ3n) is 5.38.